The van der Waals surface area contributed by atoms with Crippen LogP contribution in [0.2, 0.25) is 0 Å². The third-order valence-electron chi connectivity index (χ3n) is 4.19. The van der Waals surface area contributed by atoms with Crippen molar-refractivity contribution in [2.75, 3.05) is 14.2 Å². The van der Waals surface area contributed by atoms with Crippen LogP contribution in [-0.2, 0) is 9.53 Å². The van der Waals surface area contributed by atoms with Crippen LogP contribution in [-0.4, -0.2) is 26.2 Å². The van der Waals surface area contributed by atoms with Crippen molar-refractivity contribution in [2.24, 2.45) is 10.8 Å². The van der Waals surface area contributed by atoms with Crippen molar-refractivity contribution in [3.63, 3.8) is 0 Å². The molecule has 3 nitrogen and oxygen atoms in total. The third kappa shape index (κ3) is 0.991. The summed E-state index contributed by atoms with van der Waals surface area (Å²) >= 11 is 0. The van der Waals surface area contributed by atoms with Crippen molar-refractivity contribution in [3.05, 3.63) is 0 Å². The molecule has 3 aliphatic carbocycles. The molecule has 0 aromatic carbocycles. The number of rotatable bonds is 4. The van der Waals surface area contributed by atoms with Crippen LogP contribution >= 0.6 is 0 Å². The summed E-state index contributed by atoms with van der Waals surface area (Å²) in [7, 11) is 3.50. The van der Waals surface area contributed by atoms with Gasteiger partial charge in [0, 0.05) is 6.04 Å². The zero-order valence-electron chi connectivity index (χ0n) is 9.22. The molecule has 0 radical (unpaired) electrons. The van der Waals surface area contributed by atoms with Crippen molar-refractivity contribution < 1.29 is 9.53 Å². The minimum Gasteiger partial charge on any atom is -0.469 e. The molecule has 3 fully saturated rings. The zero-order valence-corrected chi connectivity index (χ0v) is 9.22. The van der Waals surface area contributed by atoms with E-state index in [1.807, 2.05) is 7.05 Å². The Labute approximate surface area is 85.2 Å². The summed E-state index contributed by atoms with van der Waals surface area (Å²) in [5, 5.41) is 3.35. The molecule has 0 aliphatic heterocycles. The molecular weight excluding hydrogens is 178 g/mol. The Morgan fingerprint density at radius 2 is 2.07 bits per heavy atom. The SMILES string of the molecule is CC[C@@H](NC)C12CC(C(=O)OC)(C1)C2. The number of ether oxygens (including phenoxy) is 1. The molecule has 0 saturated heterocycles. The van der Waals surface area contributed by atoms with Crippen LogP contribution in [0, 0.1) is 10.8 Å². The number of esters is 1. The van der Waals surface area contributed by atoms with E-state index < -0.39 is 0 Å². The maximum atomic E-state index is 11.5. The van der Waals surface area contributed by atoms with Gasteiger partial charge in [-0.1, -0.05) is 6.92 Å². The van der Waals surface area contributed by atoms with Crippen LogP contribution in [0.25, 0.3) is 0 Å². The Hall–Kier alpha value is -0.570. The molecule has 3 rings (SSSR count). The molecule has 2 bridgehead atoms. The highest BCUT2D eigenvalue weighted by atomic mass is 16.5. The quantitative estimate of drug-likeness (QED) is 0.691. The summed E-state index contributed by atoms with van der Waals surface area (Å²) < 4.78 is 4.83. The monoisotopic (exact) mass is 197 g/mol. The molecule has 0 aromatic heterocycles. The molecule has 3 saturated carbocycles. The number of methoxy groups -OCH3 is 1. The summed E-state index contributed by atoms with van der Waals surface area (Å²) in [5.41, 5.74) is 0.330. The Morgan fingerprint density at radius 3 is 2.43 bits per heavy atom. The maximum Gasteiger partial charge on any atom is 0.311 e. The normalized spacial score (nSPS) is 40.8. The van der Waals surface area contributed by atoms with Crippen LogP contribution < -0.4 is 5.32 Å². The molecule has 0 aromatic rings. The van der Waals surface area contributed by atoms with Gasteiger partial charge in [0.25, 0.3) is 0 Å². The summed E-state index contributed by atoms with van der Waals surface area (Å²) in [5.74, 6) is 0.00494. The second-order valence-corrected chi connectivity index (χ2v) is 4.91. The molecule has 3 aliphatic rings. The van der Waals surface area contributed by atoms with E-state index in [1.165, 1.54) is 7.11 Å². The number of hydrogen-bond donors (Lipinski definition) is 1. The first-order chi connectivity index (χ1) is 6.62. The molecule has 14 heavy (non-hydrogen) atoms. The van der Waals surface area contributed by atoms with E-state index in [0.29, 0.717) is 11.5 Å². The van der Waals surface area contributed by atoms with Crippen LogP contribution in [0.15, 0.2) is 0 Å². The number of nitrogens with one attached hydrogen (secondary N) is 1. The highest BCUT2D eigenvalue weighted by Crippen LogP contribution is 2.75. The van der Waals surface area contributed by atoms with Gasteiger partial charge in [0.15, 0.2) is 0 Å². The lowest BCUT2D eigenvalue weighted by molar-refractivity contribution is -0.235. The summed E-state index contributed by atoms with van der Waals surface area (Å²) in [6.45, 7) is 2.20. The fourth-order valence-electron chi connectivity index (χ4n) is 3.61. The molecule has 0 spiro atoms. The van der Waals surface area contributed by atoms with E-state index in [0.717, 1.165) is 25.7 Å². The van der Waals surface area contributed by atoms with Gasteiger partial charge in [-0.3, -0.25) is 4.79 Å². The summed E-state index contributed by atoms with van der Waals surface area (Å²) in [4.78, 5) is 11.5. The topological polar surface area (TPSA) is 38.3 Å². The van der Waals surface area contributed by atoms with Crippen molar-refractivity contribution in [1.82, 2.24) is 5.32 Å². The van der Waals surface area contributed by atoms with Gasteiger partial charge in [0.2, 0.25) is 0 Å². The van der Waals surface area contributed by atoms with Gasteiger partial charge in [-0.25, -0.2) is 0 Å². The second-order valence-electron chi connectivity index (χ2n) is 4.91. The van der Waals surface area contributed by atoms with E-state index >= 15 is 0 Å². The summed E-state index contributed by atoms with van der Waals surface area (Å²) in [6.07, 6.45) is 4.25. The van der Waals surface area contributed by atoms with Gasteiger partial charge in [-0.2, -0.15) is 0 Å². The first kappa shape index (κ1) is 9.97. The first-order valence-corrected chi connectivity index (χ1v) is 5.38. The fourth-order valence-corrected chi connectivity index (χ4v) is 3.61. The predicted molar refractivity (Wildman–Crippen MR) is 53.9 cm³/mol. The second kappa shape index (κ2) is 2.96. The van der Waals surface area contributed by atoms with Crippen LogP contribution in [0.3, 0.4) is 0 Å². The average molecular weight is 197 g/mol. The molecule has 1 atom stereocenters. The highest BCUT2D eigenvalue weighted by molar-refractivity contribution is 5.81. The minimum atomic E-state index is -0.0843. The third-order valence-corrected chi connectivity index (χ3v) is 4.19. The lowest BCUT2D eigenvalue weighted by Gasteiger charge is -2.71. The molecule has 3 heteroatoms. The van der Waals surface area contributed by atoms with Crippen LogP contribution in [0.1, 0.15) is 32.6 Å². The van der Waals surface area contributed by atoms with Gasteiger partial charge in [-0.05, 0) is 38.1 Å². The maximum absolute atomic E-state index is 11.5. The first-order valence-electron chi connectivity index (χ1n) is 5.38. The Kier molecular flexibility index (Phi) is 2.11. The summed E-state index contributed by atoms with van der Waals surface area (Å²) in [6, 6.07) is 0.578. The van der Waals surface area contributed by atoms with Gasteiger partial charge in [-0.15, -0.1) is 0 Å². The van der Waals surface area contributed by atoms with Crippen molar-refractivity contribution in [1.29, 1.82) is 0 Å². The Bertz CT molecular complexity index is 238. The number of carbonyl (C=O) groups excluding carboxylic acids is 1. The van der Waals surface area contributed by atoms with Crippen molar-refractivity contribution in [3.8, 4) is 0 Å². The smallest absolute Gasteiger partial charge is 0.311 e. The average Bonchev–Trinajstić information content (AvgIpc) is 2.07. The van der Waals surface area contributed by atoms with Gasteiger partial charge in [0.1, 0.15) is 0 Å². The minimum absolute atomic E-state index is 0.00494. The molecular formula is C11H19NO2. The van der Waals surface area contributed by atoms with Crippen LogP contribution in [0.4, 0.5) is 0 Å². The fraction of sp³-hybridized carbons (Fsp3) is 0.909. The van der Waals surface area contributed by atoms with E-state index in [2.05, 4.69) is 12.2 Å². The number of hydrogen-bond acceptors (Lipinski definition) is 3. The highest BCUT2D eigenvalue weighted by Gasteiger charge is 2.73. The standard InChI is InChI=1S/C11H19NO2/c1-4-8(12-2)10-5-11(6-10,7-10)9(13)14-3/h8,12H,4-7H2,1-3H3/t8-,10?,11?/m1/s1. The molecule has 80 valence electrons. The predicted octanol–water partition coefficient (Wildman–Crippen LogP) is 1.33. The van der Waals surface area contributed by atoms with E-state index in [4.69, 9.17) is 4.74 Å². The molecule has 0 unspecified atom stereocenters. The van der Waals surface area contributed by atoms with Crippen molar-refractivity contribution in [2.45, 2.75) is 38.6 Å². The zero-order chi connectivity index (χ0) is 10.4. The Morgan fingerprint density at radius 1 is 1.50 bits per heavy atom. The Balaban J connectivity index is 1.96. The number of carbonyl (C=O) groups is 1. The van der Waals surface area contributed by atoms with Crippen molar-refractivity contribution >= 4 is 5.97 Å². The lowest BCUT2D eigenvalue weighted by atomic mass is 9.33. The van der Waals surface area contributed by atoms with E-state index in [-0.39, 0.29) is 11.4 Å². The molecule has 0 amide bonds. The lowest BCUT2D eigenvalue weighted by Crippen LogP contribution is -2.71. The molecule has 0 heterocycles. The van der Waals surface area contributed by atoms with E-state index in [1.54, 1.807) is 0 Å². The van der Waals surface area contributed by atoms with Gasteiger partial charge >= 0.3 is 5.97 Å². The van der Waals surface area contributed by atoms with E-state index in [9.17, 15) is 4.79 Å². The van der Waals surface area contributed by atoms with Crippen LogP contribution in [0.5, 0.6) is 0 Å². The largest absolute Gasteiger partial charge is 0.469 e. The van der Waals surface area contributed by atoms with Gasteiger partial charge < -0.3 is 10.1 Å². The molecule has 1 N–H and O–H groups in total. The van der Waals surface area contributed by atoms with Gasteiger partial charge in [0.05, 0.1) is 12.5 Å².